The van der Waals surface area contributed by atoms with E-state index < -0.39 is 18.9 Å². The van der Waals surface area contributed by atoms with Gasteiger partial charge in [-0.3, -0.25) is 0 Å². The van der Waals surface area contributed by atoms with E-state index in [0.29, 0.717) is 5.57 Å². The molecule has 0 spiro atoms. The normalized spacial score (nSPS) is 13.4. The SMILES string of the molecule is C=C1C=CC=C1C(=O)O.[K+].[O]=[Mn](=[O])(=[O])[O-]. The third-order valence-electron chi connectivity index (χ3n) is 1.14. The molecule has 0 saturated heterocycles. The summed E-state index contributed by atoms with van der Waals surface area (Å²) < 4.78 is 34.3. The van der Waals surface area contributed by atoms with Gasteiger partial charge >= 0.3 is 86.0 Å². The second-order valence-corrected chi connectivity index (χ2v) is 3.33. The predicted octanol–water partition coefficient (Wildman–Crippen LogP) is -3.42. The number of aliphatic carboxylic acids is 1. The molecule has 0 aromatic heterocycles. The van der Waals surface area contributed by atoms with Gasteiger partial charge in [0.2, 0.25) is 0 Å². The zero-order chi connectivity index (χ0) is 11.4. The fraction of sp³-hybridized carbons (Fsp3) is 0. The van der Waals surface area contributed by atoms with Crippen molar-refractivity contribution in [2.75, 3.05) is 0 Å². The monoisotopic (exact) mass is 280 g/mol. The van der Waals surface area contributed by atoms with E-state index in [-0.39, 0.29) is 57.0 Å². The van der Waals surface area contributed by atoms with Gasteiger partial charge in [0.1, 0.15) is 0 Å². The quantitative estimate of drug-likeness (QED) is 0.501. The van der Waals surface area contributed by atoms with Crippen LogP contribution in [0, 0.1) is 0 Å². The van der Waals surface area contributed by atoms with Crippen LogP contribution in [0.2, 0.25) is 0 Å². The zero-order valence-electron chi connectivity index (χ0n) is 7.81. The maximum absolute atomic E-state index is 10.2. The van der Waals surface area contributed by atoms with Crippen molar-refractivity contribution in [1.82, 2.24) is 0 Å². The molecule has 0 aromatic carbocycles. The van der Waals surface area contributed by atoms with E-state index in [1.807, 2.05) is 0 Å². The van der Waals surface area contributed by atoms with E-state index in [1.54, 1.807) is 12.2 Å². The van der Waals surface area contributed by atoms with Crippen LogP contribution in [0.3, 0.4) is 0 Å². The number of hydrogen-bond acceptors (Lipinski definition) is 5. The molecule has 0 amide bonds. The molecule has 0 atom stereocenters. The van der Waals surface area contributed by atoms with E-state index in [1.165, 1.54) is 6.08 Å². The van der Waals surface area contributed by atoms with Crippen LogP contribution in [-0.4, -0.2) is 11.1 Å². The molecule has 78 valence electrons. The molecule has 6 nitrogen and oxygen atoms in total. The number of carbonyl (C=O) groups is 1. The first-order valence-corrected chi connectivity index (χ1v) is 5.07. The van der Waals surface area contributed by atoms with Crippen molar-refractivity contribution < 1.29 is 89.9 Å². The Labute approximate surface area is 130 Å². The Morgan fingerprint density at radius 3 is 1.93 bits per heavy atom. The molecule has 0 bridgehead atoms. The first kappa shape index (κ1) is 17.6. The number of allylic oxidation sites excluding steroid dienone is 3. The van der Waals surface area contributed by atoms with Gasteiger partial charge in [0.15, 0.2) is 0 Å². The van der Waals surface area contributed by atoms with Crippen molar-refractivity contribution in [3.05, 3.63) is 36.0 Å². The second-order valence-electron chi connectivity index (χ2n) is 2.15. The summed E-state index contributed by atoms with van der Waals surface area (Å²) in [4.78, 5) is 10.2. The fourth-order valence-corrected chi connectivity index (χ4v) is 0.666. The van der Waals surface area contributed by atoms with Crippen molar-refractivity contribution in [3.8, 4) is 0 Å². The molecule has 0 radical (unpaired) electrons. The third-order valence-corrected chi connectivity index (χ3v) is 1.14. The van der Waals surface area contributed by atoms with E-state index in [4.69, 9.17) is 20.8 Å². The summed E-state index contributed by atoms with van der Waals surface area (Å²) in [6, 6.07) is 0. The van der Waals surface area contributed by atoms with E-state index in [0.717, 1.165) is 0 Å². The number of hydrogen-bond donors (Lipinski definition) is 1. The summed E-state index contributed by atoms with van der Waals surface area (Å²) in [5.41, 5.74) is 0.859. The average Bonchev–Trinajstić information content (AvgIpc) is 2.30. The summed E-state index contributed by atoms with van der Waals surface area (Å²) in [6.07, 6.45) is 4.87. The Hall–Kier alpha value is 0.206. The number of rotatable bonds is 1. The van der Waals surface area contributed by atoms with Crippen LogP contribution >= 0.6 is 0 Å². The van der Waals surface area contributed by atoms with E-state index >= 15 is 0 Å². The molecular formula is C7H6KMnO6. The summed E-state index contributed by atoms with van der Waals surface area (Å²) in [7, 11) is 0. The number of carboxylic acid groups (broad SMARTS) is 1. The molecule has 8 heteroatoms. The van der Waals surface area contributed by atoms with E-state index in [2.05, 4.69) is 6.58 Å². The molecule has 0 heterocycles. The topological polar surface area (TPSA) is 112 Å². The minimum absolute atomic E-state index is 0. The van der Waals surface area contributed by atoms with Crippen LogP contribution in [-0.2, 0) is 29.3 Å². The predicted molar refractivity (Wildman–Crippen MR) is 36.1 cm³/mol. The van der Waals surface area contributed by atoms with Crippen molar-refractivity contribution >= 4 is 5.97 Å². The Morgan fingerprint density at radius 1 is 1.40 bits per heavy atom. The first-order valence-electron chi connectivity index (χ1n) is 3.14. The van der Waals surface area contributed by atoms with Crippen LogP contribution in [0.25, 0.3) is 0 Å². The Kier molecular flexibility index (Phi) is 8.77. The Balaban J connectivity index is 0. The average molecular weight is 280 g/mol. The number of carboxylic acids is 1. The van der Waals surface area contributed by atoms with Gasteiger partial charge in [-0.1, -0.05) is 18.7 Å². The van der Waals surface area contributed by atoms with Crippen molar-refractivity contribution in [3.63, 3.8) is 0 Å². The van der Waals surface area contributed by atoms with Gasteiger partial charge in [-0.2, -0.15) is 0 Å². The van der Waals surface area contributed by atoms with Crippen molar-refractivity contribution in [2.24, 2.45) is 0 Å². The minimum atomic E-state index is -5.62. The van der Waals surface area contributed by atoms with Gasteiger partial charge in [0.25, 0.3) is 0 Å². The van der Waals surface area contributed by atoms with Gasteiger partial charge in [0, 0.05) is 0 Å². The van der Waals surface area contributed by atoms with Gasteiger partial charge in [-0.05, 0) is 11.6 Å². The fourth-order valence-electron chi connectivity index (χ4n) is 0.666. The second kappa shape index (κ2) is 7.47. The third kappa shape index (κ3) is 10.5. The van der Waals surface area contributed by atoms with Gasteiger partial charge in [0.05, 0.1) is 5.57 Å². The Bertz CT molecular complexity index is 450. The van der Waals surface area contributed by atoms with Crippen LogP contribution in [0.4, 0.5) is 0 Å². The molecule has 1 aliphatic carbocycles. The van der Waals surface area contributed by atoms with Crippen molar-refractivity contribution in [1.29, 1.82) is 0 Å². The molecule has 0 fully saturated rings. The van der Waals surface area contributed by atoms with Crippen molar-refractivity contribution in [2.45, 2.75) is 0 Å². The Morgan fingerprint density at radius 2 is 1.80 bits per heavy atom. The molecule has 15 heavy (non-hydrogen) atoms. The van der Waals surface area contributed by atoms with E-state index in [9.17, 15) is 4.79 Å². The summed E-state index contributed by atoms with van der Waals surface area (Å²) >= 11 is -5.62. The molecule has 0 saturated carbocycles. The van der Waals surface area contributed by atoms with Crippen LogP contribution in [0.15, 0.2) is 36.0 Å². The van der Waals surface area contributed by atoms with Crippen LogP contribution < -0.4 is 55.6 Å². The molecule has 0 aliphatic heterocycles. The molecule has 0 aromatic rings. The summed E-state index contributed by atoms with van der Waals surface area (Å²) in [5.74, 6) is -0.912. The van der Waals surface area contributed by atoms with Gasteiger partial charge < -0.3 is 5.11 Å². The van der Waals surface area contributed by atoms with Gasteiger partial charge in [-0.15, -0.1) is 0 Å². The maximum atomic E-state index is 10.2. The molecule has 1 aliphatic rings. The summed E-state index contributed by atoms with van der Waals surface area (Å²) in [6.45, 7) is 3.52. The van der Waals surface area contributed by atoms with Crippen LogP contribution in [0.1, 0.15) is 0 Å². The first-order chi connectivity index (χ1) is 6.22. The molecule has 1 N–H and O–H groups in total. The van der Waals surface area contributed by atoms with Crippen LogP contribution in [0.5, 0.6) is 0 Å². The molecule has 0 unspecified atom stereocenters. The molecular weight excluding hydrogens is 274 g/mol. The summed E-state index contributed by atoms with van der Waals surface area (Å²) in [5, 5.41) is 8.41. The zero-order valence-corrected chi connectivity index (χ0v) is 12.1. The van der Waals surface area contributed by atoms with Gasteiger partial charge in [-0.25, -0.2) is 4.79 Å². The molecule has 1 rings (SSSR count). The standard InChI is InChI=1S/C7H6O2.K.Mn.4O/c1-5-3-2-4-6(5)7(8)9;;;;;;/h2-4H,1H2,(H,8,9);;;;;;/q;+1;;;;;-1.